The molecule has 1 aliphatic rings. The van der Waals surface area contributed by atoms with Gasteiger partial charge in [0.25, 0.3) is 0 Å². The number of methoxy groups -OCH3 is 1. The summed E-state index contributed by atoms with van der Waals surface area (Å²) in [7, 11) is 1.59. The van der Waals surface area contributed by atoms with E-state index in [2.05, 4.69) is 10.3 Å². The SMILES string of the molecule is COc1ccnc(NCC2(F)CC2)c1. The fourth-order valence-corrected chi connectivity index (χ4v) is 1.20. The normalized spacial score (nSPS) is 17.6. The number of nitrogens with zero attached hydrogens (tertiary/aromatic N) is 1. The number of hydrogen-bond acceptors (Lipinski definition) is 3. The number of halogens is 1. The zero-order chi connectivity index (χ0) is 10.0. The number of alkyl halides is 1. The summed E-state index contributed by atoms with van der Waals surface area (Å²) in [5.41, 5.74) is -0.995. The van der Waals surface area contributed by atoms with Crippen molar-refractivity contribution in [3.05, 3.63) is 18.3 Å². The van der Waals surface area contributed by atoms with Crippen molar-refractivity contribution in [3.8, 4) is 5.75 Å². The quantitative estimate of drug-likeness (QED) is 0.799. The molecule has 0 amide bonds. The molecule has 1 fully saturated rings. The standard InChI is InChI=1S/C10H13FN2O/c1-14-8-2-5-12-9(6-8)13-7-10(11)3-4-10/h2,5-6H,3-4,7H2,1H3,(H,12,13). The van der Waals surface area contributed by atoms with Crippen molar-refractivity contribution in [3.63, 3.8) is 0 Å². The van der Waals surface area contributed by atoms with E-state index >= 15 is 0 Å². The van der Waals surface area contributed by atoms with Crippen LogP contribution in [0.15, 0.2) is 18.3 Å². The Kier molecular flexibility index (Phi) is 2.27. The van der Waals surface area contributed by atoms with E-state index in [0.717, 1.165) is 5.75 Å². The molecule has 76 valence electrons. The molecule has 1 aromatic heterocycles. The lowest BCUT2D eigenvalue weighted by Crippen LogP contribution is -2.16. The largest absolute Gasteiger partial charge is 0.497 e. The lowest BCUT2D eigenvalue weighted by Gasteiger charge is -2.08. The minimum Gasteiger partial charge on any atom is -0.497 e. The molecule has 4 heteroatoms. The number of anilines is 1. The molecule has 0 atom stereocenters. The maximum atomic E-state index is 13.2. The van der Waals surface area contributed by atoms with Gasteiger partial charge in [-0.05, 0) is 18.9 Å². The summed E-state index contributed by atoms with van der Waals surface area (Å²) in [6.45, 7) is 0.340. The van der Waals surface area contributed by atoms with E-state index in [-0.39, 0.29) is 0 Å². The van der Waals surface area contributed by atoms with E-state index in [1.165, 1.54) is 0 Å². The van der Waals surface area contributed by atoms with Gasteiger partial charge in [0.15, 0.2) is 0 Å². The van der Waals surface area contributed by atoms with Gasteiger partial charge in [0.1, 0.15) is 17.2 Å². The number of pyridine rings is 1. The first-order chi connectivity index (χ1) is 6.72. The lowest BCUT2D eigenvalue weighted by molar-refractivity contribution is 0.326. The fraction of sp³-hybridized carbons (Fsp3) is 0.500. The smallest absolute Gasteiger partial charge is 0.129 e. The van der Waals surface area contributed by atoms with Gasteiger partial charge in [0, 0.05) is 12.3 Å². The molecule has 0 radical (unpaired) electrons. The number of aromatic nitrogens is 1. The molecule has 0 saturated heterocycles. The first-order valence-electron chi connectivity index (χ1n) is 4.65. The highest BCUT2D eigenvalue weighted by Gasteiger charge is 2.42. The Morgan fingerprint density at radius 2 is 2.43 bits per heavy atom. The van der Waals surface area contributed by atoms with Gasteiger partial charge >= 0.3 is 0 Å². The van der Waals surface area contributed by atoms with Crippen LogP contribution in [0.5, 0.6) is 5.75 Å². The third-order valence-corrected chi connectivity index (χ3v) is 2.35. The Labute approximate surface area is 82.3 Å². The Morgan fingerprint density at radius 1 is 1.64 bits per heavy atom. The topological polar surface area (TPSA) is 34.1 Å². The molecule has 14 heavy (non-hydrogen) atoms. The highest BCUT2D eigenvalue weighted by molar-refractivity contribution is 5.41. The van der Waals surface area contributed by atoms with Crippen LogP contribution in [-0.4, -0.2) is 24.3 Å². The van der Waals surface area contributed by atoms with E-state index in [1.54, 1.807) is 25.4 Å². The predicted octanol–water partition coefficient (Wildman–Crippen LogP) is 2.00. The molecule has 1 aromatic rings. The summed E-state index contributed by atoms with van der Waals surface area (Å²) >= 11 is 0. The van der Waals surface area contributed by atoms with E-state index in [1.807, 2.05) is 0 Å². The minimum absolute atomic E-state index is 0.340. The number of ether oxygens (including phenoxy) is 1. The second-order valence-electron chi connectivity index (χ2n) is 3.59. The monoisotopic (exact) mass is 196 g/mol. The number of rotatable bonds is 4. The molecule has 3 nitrogen and oxygen atoms in total. The molecule has 1 heterocycles. The van der Waals surface area contributed by atoms with E-state index in [4.69, 9.17) is 4.74 Å². The van der Waals surface area contributed by atoms with Crippen LogP contribution in [-0.2, 0) is 0 Å². The van der Waals surface area contributed by atoms with Crippen LogP contribution in [0.2, 0.25) is 0 Å². The Bertz CT molecular complexity index is 326. The molecule has 0 aromatic carbocycles. The van der Waals surface area contributed by atoms with Crippen molar-refractivity contribution >= 4 is 5.82 Å². The van der Waals surface area contributed by atoms with Gasteiger partial charge in [-0.2, -0.15) is 0 Å². The van der Waals surface area contributed by atoms with Crippen LogP contribution in [0.25, 0.3) is 0 Å². The van der Waals surface area contributed by atoms with Crippen molar-refractivity contribution < 1.29 is 9.13 Å². The predicted molar refractivity (Wildman–Crippen MR) is 52.4 cm³/mol. The van der Waals surface area contributed by atoms with Gasteiger partial charge in [0.2, 0.25) is 0 Å². The first kappa shape index (κ1) is 9.24. The second-order valence-corrected chi connectivity index (χ2v) is 3.59. The second kappa shape index (κ2) is 3.44. The van der Waals surface area contributed by atoms with Crippen LogP contribution >= 0.6 is 0 Å². The zero-order valence-corrected chi connectivity index (χ0v) is 8.09. The molecule has 1 aliphatic carbocycles. The van der Waals surface area contributed by atoms with Gasteiger partial charge < -0.3 is 10.1 Å². The molecule has 0 bridgehead atoms. The van der Waals surface area contributed by atoms with Crippen molar-refractivity contribution in [1.82, 2.24) is 4.98 Å². The number of nitrogens with one attached hydrogen (secondary N) is 1. The minimum atomic E-state index is -0.995. The van der Waals surface area contributed by atoms with Crippen molar-refractivity contribution in [2.24, 2.45) is 0 Å². The summed E-state index contributed by atoms with van der Waals surface area (Å²) in [6, 6.07) is 3.51. The molecule has 0 aliphatic heterocycles. The average Bonchev–Trinajstić information content (AvgIpc) is 2.95. The highest BCUT2D eigenvalue weighted by Crippen LogP contribution is 2.39. The van der Waals surface area contributed by atoms with Crippen molar-refractivity contribution in [1.29, 1.82) is 0 Å². The van der Waals surface area contributed by atoms with Crippen LogP contribution in [0.4, 0.5) is 10.2 Å². The van der Waals surface area contributed by atoms with E-state index in [0.29, 0.717) is 25.2 Å². The molecule has 0 spiro atoms. The fourth-order valence-electron chi connectivity index (χ4n) is 1.20. The van der Waals surface area contributed by atoms with Crippen LogP contribution in [0, 0.1) is 0 Å². The highest BCUT2D eigenvalue weighted by atomic mass is 19.1. The third kappa shape index (κ3) is 2.13. The van der Waals surface area contributed by atoms with Gasteiger partial charge in [-0.3, -0.25) is 0 Å². The summed E-state index contributed by atoms with van der Waals surface area (Å²) in [5.74, 6) is 1.39. The van der Waals surface area contributed by atoms with E-state index in [9.17, 15) is 4.39 Å². The summed E-state index contributed by atoms with van der Waals surface area (Å²) in [6.07, 6.45) is 2.95. The Hall–Kier alpha value is -1.32. The molecular formula is C10H13FN2O. The maximum Gasteiger partial charge on any atom is 0.129 e. The maximum absolute atomic E-state index is 13.2. The Morgan fingerprint density at radius 3 is 3.07 bits per heavy atom. The molecule has 1 N–H and O–H groups in total. The van der Waals surface area contributed by atoms with Crippen LogP contribution in [0.1, 0.15) is 12.8 Å². The van der Waals surface area contributed by atoms with Gasteiger partial charge in [0.05, 0.1) is 13.7 Å². The molecule has 0 unspecified atom stereocenters. The number of hydrogen-bond donors (Lipinski definition) is 1. The first-order valence-corrected chi connectivity index (χ1v) is 4.65. The average molecular weight is 196 g/mol. The van der Waals surface area contributed by atoms with E-state index < -0.39 is 5.67 Å². The van der Waals surface area contributed by atoms with Crippen LogP contribution in [0.3, 0.4) is 0 Å². The van der Waals surface area contributed by atoms with Crippen molar-refractivity contribution in [2.45, 2.75) is 18.5 Å². The van der Waals surface area contributed by atoms with Crippen molar-refractivity contribution in [2.75, 3.05) is 19.0 Å². The molecule has 2 rings (SSSR count). The summed E-state index contributed by atoms with van der Waals surface area (Å²) in [5, 5.41) is 2.96. The lowest BCUT2D eigenvalue weighted by atomic mass is 10.3. The summed E-state index contributed by atoms with van der Waals surface area (Å²) < 4.78 is 18.3. The summed E-state index contributed by atoms with van der Waals surface area (Å²) in [4.78, 5) is 4.06. The van der Waals surface area contributed by atoms with Gasteiger partial charge in [-0.15, -0.1) is 0 Å². The van der Waals surface area contributed by atoms with Gasteiger partial charge in [-0.1, -0.05) is 0 Å². The molecular weight excluding hydrogens is 183 g/mol. The zero-order valence-electron chi connectivity index (χ0n) is 8.09. The molecule has 1 saturated carbocycles. The van der Waals surface area contributed by atoms with Gasteiger partial charge in [-0.25, -0.2) is 9.37 Å². The third-order valence-electron chi connectivity index (χ3n) is 2.35. The Balaban J connectivity index is 1.94. The van der Waals surface area contributed by atoms with Crippen LogP contribution < -0.4 is 10.1 Å².